The van der Waals surface area contributed by atoms with E-state index >= 15 is 0 Å². The third-order valence-electron chi connectivity index (χ3n) is 3.61. The summed E-state index contributed by atoms with van der Waals surface area (Å²) < 4.78 is 1.14. The second kappa shape index (κ2) is 7.75. The van der Waals surface area contributed by atoms with Gasteiger partial charge in [0.05, 0.1) is 9.83 Å². The minimum Gasteiger partial charge on any atom is -0.326 e. The summed E-state index contributed by atoms with van der Waals surface area (Å²) in [6, 6.07) is 12.5. The highest BCUT2D eigenvalue weighted by atomic mass is 79.9. The summed E-state index contributed by atoms with van der Waals surface area (Å²) in [5.41, 5.74) is 7.50. The van der Waals surface area contributed by atoms with Gasteiger partial charge in [-0.05, 0) is 53.2 Å². The van der Waals surface area contributed by atoms with E-state index < -0.39 is 0 Å². The third-order valence-corrected chi connectivity index (χ3v) is 5.68. The first-order valence-electron chi connectivity index (χ1n) is 6.97. The Kier molecular flexibility index (Phi) is 6.26. The molecule has 0 amide bonds. The van der Waals surface area contributed by atoms with E-state index in [1.165, 1.54) is 4.88 Å². The van der Waals surface area contributed by atoms with Crippen LogP contribution in [0.5, 0.6) is 0 Å². The van der Waals surface area contributed by atoms with Gasteiger partial charge in [0, 0.05) is 22.5 Å². The molecule has 1 aromatic carbocycles. The Bertz CT molecular complexity index is 587. The lowest BCUT2D eigenvalue weighted by molar-refractivity contribution is 0.205. The van der Waals surface area contributed by atoms with Crippen LogP contribution in [0.15, 0.2) is 40.2 Å². The Morgan fingerprint density at radius 1 is 1.29 bits per heavy atom. The number of thiophene rings is 1. The van der Waals surface area contributed by atoms with Crippen molar-refractivity contribution in [1.29, 1.82) is 0 Å². The zero-order chi connectivity index (χ0) is 15.4. The van der Waals surface area contributed by atoms with Crippen LogP contribution in [-0.2, 0) is 6.54 Å². The van der Waals surface area contributed by atoms with Crippen LogP contribution in [0.4, 0.5) is 0 Å². The van der Waals surface area contributed by atoms with Crippen LogP contribution >= 0.6 is 38.9 Å². The lowest BCUT2D eigenvalue weighted by Crippen LogP contribution is -2.38. The minimum atomic E-state index is 0.100. The molecule has 0 fully saturated rings. The second-order valence-electron chi connectivity index (χ2n) is 5.17. The Hall–Kier alpha value is -0.390. The normalized spacial score (nSPS) is 14.4. The van der Waals surface area contributed by atoms with Crippen LogP contribution in [0.1, 0.15) is 29.8 Å². The van der Waals surface area contributed by atoms with E-state index in [0.29, 0.717) is 0 Å². The number of rotatable bonds is 6. The summed E-state index contributed by atoms with van der Waals surface area (Å²) in [6.45, 7) is 2.91. The van der Waals surface area contributed by atoms with Gasteiger partial charge in [-0.2, -0.15) is 0 Å². The molecule has 0 aliphatic heterocycles. The zero-order valence-corrected chi connectivity index (χ0v) is 15.4. The standard InChI is InChI=1S/C16H20BrClN2S/c1-3-13(19)16(14-8-9-15(17)21-14)20(2)10-11-6-4-5-7-12(11)18/h4-9,13,16H,3,10,19H2,1-2H3. The SMILES string of the molecule is CCC(N)C(c1ccc(Br)s1)N(C)Cc1ccccc1Cl. The maximum atomic E-state index is 6.37. The van der Waals surface area contributed by atoms with Crippen LogP contribution in [0.2, 0.25) is 5.02 Å². The molecule has 2 unspecified atom stereocenters. The molecule has 2 aromatic rings. The van der Waals surface area contributed by atoms with E-state index in [1.54, 1.807) is 11.3 Å². The number of nitrogens with two attached hydrogens (primary N) is 1. The predicted molar refractivity (Wildman–Crippen MR) is 95.9 cm³/mol. The lowest BCUT2D eigenvalue weighted by atomic mass is 10.0. The lowest BCUT2D eigenvalue weighted by Gasteiger charge is -2.32. The average molecular weight is 388 g/mol. The van der Waals surface area contributed by atoms with Crippen LogP contribution in [0.3, 0.4) is 0 Å². The van der Waals surface area contributed by atoms with E-state index in [0.717, 1.165) is 27.3 Å². The number of hydrogen-bond acceptors (Lipinski definition) is 3. The minimum absolute atomic E-state index is 0.100. The van der Waals surface area contributed by atoms with Gasteiger partial charge >= 0.3 is 0 Å². The highest BCUT2D eigenvalue weighted by molar-refractivity contribution is 9.11. The van der Waals surface area contributed by atoms with Gasteiger partial charge in [-0.25, -0.2) is 0 Å². The number of benzene rings is 1. The van der Waals surface area contributed by atoms with Gasteiger partial charge in [-0.3, -0.25) is 4.90 Å². The van der Waals surface area contributed by atoms with Crippen molar-refractivity contribution < 1.29 is 0 Å². The molecule has 0 bridgehead atoms. The first-order valence-corrected chi connectivity index (χ1v) is 8.96. The molecule has 114 valence electrons. The van der Waals surface area contributed by atoms with E-state index in [-0.39, 0.29) is 12.1 Å². The van der Waals surface area contributed by atoms with E-state index in [2.05, 4.69) is 53.0 Å². The Morgan fingerprint density at radius 2 is 2.00 bits per heavy atom. The average Bonchev–Trinajstić information content (AvgIpc) is 2.87. The summed E-state index contributed by atoms with van der Waals surface area (Å²) in [5.74, 6) is 0. The van der Waals surface area contributed by atoms with Gasteiger partial charge in [0.25, 0.3) is 0 Å². The fourth-order valence-corrected chi connectivity index (χ4v) is 4.32. The smallest absolute Gasteiger partial charge is 0.0702 e. The van der Waals surface area contributed by atoms with Crippen molar-refractivity contribution >= 4 is 38.9 Å². The van der Waals surface area contributed by atoms with Gasteiger partial charge in [-0.1, -0.05) is 36.7 Å². The molecule has 1 aromatic heterocycles. The molecule has 0 radical (unpaired) electrons. The van der Waals surface area contributed by atoms with Crippen LogP contribution in [-0.4, -0.2) is 18.0 Å². The van der Waals surface area contributed by atoms with E-state index in [9.17, 15) is 0 Å². The Balaban J connectivity index is 2.22. The summed E-state index contributed by atoms with van der Waals surface area (Å²) in [7, 11) is 2.11. The van der Waals surface area contributed by atoms with Gasteiger partial charge in [-0.15, -0.1) is 11.3 Å². The number of likely N-dealkylation sites (N-methyl/N-ethyl adjacent to an activating group) is 1. The first-order chi connectivity index (χ1) is 10.0. The van der Waals surface area contributed by atoms with Gasteiger partial charge in [0.2, 0.25) is 0 Å². The van der Waals surface area contributed by atoms with E-state index in [1.807, 2.05) is 18.2 Å². The topological polar surface area (TPSA) is 29.3 Å². The fourth-order valence-electron chi connectivity index (χ4n) is 2.46. The summed E-state index contributed by atoms with van der Waals surface area (Å²) >= 11 is 11.6. The predicted octanol–water partition coefficient (Wildman–Crippen LogP) is 5.07. The molecule has 1 heterocycles. The van der Waals surface area contributed by atoms with E-state index in [4.69, 9.17) is 17.3 Å². The maximum absolute atomic E-state index is 6.37. The first kappa shape index (κ1) is 17.0. The van der Waals surface area contributed by atoms with Crippen molar-refractivity contribution in [2.24, 2.45) is 5.73 Å². The molecular weight excluding hydrogens is 368 g/mol. The maximum Gasteiger partial charge on any atom is 0.0702 e. The zero-order valence-electron chi connectivity index (χ0n) is 12.2. The quantitative estimate of drug-likeness (QED) is 0.749. The summed E-state index contributed by atoms with van der Waals surface area (Å²) in [5, 5.41) is 0.806. The molecular formula is C16H20BrClN2S. The second-order valence-corrected chi connectivity index (χ2v) is 8.07. The van der Waals surface area contributed by atoms with Crippen LogP contribution in [0, 0.1) is 0 Å². The molecule has 2 N–H and O–H groups in total. The van der Waals surface area contributed by atoms with Crippen molar-refractivity contribution in [3.05, 3.63) is 55.6 Å². The number of hydrogen-bond donors (Lipinski definition) is 1. The Morgan fingerprint density at radius 3 is 2.57 bits per heavy atom. The monoisotopic (exact) mass is 386 g/mol. The van der Waals surface area contributed by atoms with Crippen molar-refractivity contribution in [2.45, 2.75) is 32.0 Å². The highest BCUT2D eigenvalue weighted by Crippen LogP contribution is 2.33. The molecule has 5 heteroatoms. The summed E-state index contributed by atoms with van der Waals surface area (Å²) in [6.07, 6.45) is 0.938. The molecule has 2 atom stereocenters. The van der Waals surface area contributed by atoms with Crippen LogP contribution < -0.4 is 5.73 Å². The van der Waals surface area contributed by atoms with Crippen molar-refractivity contribution in [3.8, 4) is 0 Å². The molecule has 2 nitrogen and oxygen atoms in total. The molecule has 2 rings (SSSR count). The molecule has 0 saturated carbocycles. The molecule has 21 heavy (non-hydrogen) atoms. The number of halogens is 2. The molecule has 0 saturated heterocycles. The fraction of sp³-hybridized carbons (Fsp3) is 0.375. The molecule has 0 aliphatic carbocycles. The van der Waals surface area contributed by atoms with Crippen molar-refractivity contribution in [1.82, 2.24) is 4.90 Å². The molecule has 0 spiro atoms. The Labute approximate surface area is 144 Å². The van der Waals surface area contributed by atoms with Crippen molar-refractivity contribution in [2.75, 3.05) is 7.05 Å². The van der Waals surface area contributed by atoms with Gasteiger partial charge in [0.15, 0.2) is 0 Å². The molecule has 0 aliphatic rings. The third kappa shape index (κ3) is 4.30. The van der Waals surface area contributed by atoms with Crippen LogP contribution in [0.25, 0.3) is 0 Å². The summed E-state index contributed by atoms with van der Waals surface area (Å²) in [4.78, 5) is 3.57. The van der Waals surface area contributed by atoms with Gasteiger partial charge in [0.1, 0.15) is 0 Å². The van der Waals surface area contributed by atoms with Gasteiger partial charge < -0.3 is 5.73 Å². The van der Waals surface area contributed by atoms with Crippen molar-refractivity contribution in [3.63, 3.8) is 0 Å². The number of nitrogens with zero attached hydrogens (tertiary/aromatic N) is 1. The highest BCUT2D eigenvalue weighted by Gasteiger charge is 2.25. The largest absolute Gasteiger partial charge is 0.326 e.